The lowest BCUT2D eigenvalue weighted by atomic mass is 9.95. The third-order valence-corrected chi connectivity index (χ3v) is 6.53. The minimum Gasteiger partial charge on any atom is -0.568 e. The summed E-state index contributed by atoms with van der Waals surface area (Å²) in [6, 6.07) is 14.9. The van der Waals surface area contributed by atoms with E-state index in [1.807, 2.05) is 39.0 Å². The largest absolute Gasteiger partial charge is 0.568 e. The number of ether oxygens (including phenoxy) is 2. The average molecular weight is 480 g/mol. The van der Waals surface area contributed by atoms with Crippen molar-refractivity contribution in [1.82, 2.24) is 14.3 Å². The summed E-state index contributed by atoms with van der Waals surface area (Å²) in [6.07, 6.45) is 0. The number of aliphatic hydroxyl groups is 1. The van der Waals surface area contributed by atoms with Crippen molar-refractivity contribution in [2.75, 3.05) is 13.2 Å². The normalized spacial score (nSPS) is 11.5. The summed E-state index contributed by atoms with van der Waals surface area (Å²) in [6.45, 7) is 6.29. The molecule has 34 heavy (non-hydrogen) atoms. The highest BCUT2D eigenvalue weighted by molar-refractivity contribution is 7.23. The number of aliphatic hydroxyl groups excluding tert-OH is 1. The minimum atomic E-state index is -1.58. The highest BCUT2D eigenvalue weighted by atomic mass is 32.2. The van der Waals surface area contributed by atoms with Crippen molar-refractivity contribution in [3.05, 3.63) is 71.0 Å². The van der Waals surface area contributed by atoms with Gasteiger partial charge < -0.3 is 24.2 Å². The van der Waals surface area contributed by atoms with Crippen molar-refractivity contribution in [2.24, 2.45) is 0 Å². The van der Waals surface area contributed by atoms with Gasteiger partial charge in [-0.05, 0) is 61.7 Å². The van der Waals surface area contributed by atoms with Crippen LogP contribution in [0.15, 0.2) is 48.5 Å². The highest BCUT2D eigenvalue weighted by Crippen LogP contribution is 2.35. The fourth-order valence-electron chi connectivity index (χ4n) is 3.78. The number of hydrogen-bond acceptors (Lipinski definition) is 8. The number of aryl methyl sites for hydroxylation is 2. The van der Waals surface area contributed by atoms with Crippen molar-refractivity contribution in [3.8, 4) is 39.2 Å². The summed E-state index contributed by atoms with van der Waals surface area (Å²) in [5.74, 6) is 0.441. The summed E-state index contributed by atoms with van der Waals surface area (Å²) >= 11 is 0. The number of hydrogen-bond donors (Lipinski definition) is 2. The molecule has 0 aliphatic carbocycles. The maximum atomic E-state index is 11.9. The van der Waals surface area contributed by atoms with Crippen molar-refractivity contribution in [1.29, 1.82) is 0 Å². The van der Waals surface area contributed by atoms with E-state index in [0.717, 1.165) is 33.6 Å². The van der Waals surface area contributed by atoms with Gasteiger partial charge in [0.25, 0.3) is 5.88 Å². The van der Waals surface area contributed by atoms with Gasteiger partial charge in [0.05, 0.1) is 35.0 Å². The topological polar surface area (TPSA) is 121 Å². The molecule has 2 N–H and O–H groups in total. The summed E-state index contributed by atoms with van der Waals surface area (Å²) < 4.78 is 26.9. The van der Waals surface area contributed by atoms with E-state index in [1.54, 1.807) is 24.3 Å². The molecule has 4 rings (SSSR count). The summed E-state index contributed by atoms with van der Waals surface area (Å²) in [5.41, 5.74) is 6.38. The van der Waals surface area contributed by atoms with Crippen LogP contribution in [0, 0.1) is 20.8 Å². The number of nitrogens with zero attached hydrogens (tertiary/aromatic N) is 3. The molecule has 2 aromatic heterocycles. The lowest BCUT2D eigenvalue weighted by molar-refractivity contribution is 0.191. The molecule has 2 heterocycles. The first-order valence-electron chi connectivity index (χ1n) is 10.7. The van der Waals surface area contributed by atoms with Gasteiger partial charge in [0.1, 0.15) is 19.0 Å². The van der Waals surface area contributed by atoms with Gasteiger partial charge in [0.15, 0.2) is 0 Å². The molecule has 0 radical (unpaired) electrons. The Balaban J connectivity index is 1.52. The average Bonchev–Trinajstić information content (AvgIpc) is 3.15. The second kappa shape index (κ2) is 10.2. The van der Waals surface area contributed by atoms with Crippen molar-refractivity contribution < 1.29 is 24.2 Å². The smallest absolute Gasteiger partial charge is 0.316 e. The predicted octanol–water partition coefficient (Wildman–Crippen LogP) is 4.51. The molecule has 1 atom stereocenters. The van der Waals surface area contributed by atoms with Crippen molar-refractivity contribution in [3.63, 3.8) is 0 Å². The molecule has 0 bridgehead atoms. The standard InChI is InChI=1S/C25H25N3O5S/c1-15-19(14-33-20-9-7-18(8-10-20)22-13-23(30)28-34(22)31)5-4-6-21(15)24-16(2)26-25(27-17(24)3)32-12-11-29/h4-10,13,29H,11-12,14H2,1-3H3,(H,28,30). The van der Waals surface area contributed by atoms with Gasteiger partial charge in [-0.25, -0.2) is 0 Å². The molecule has 0 fully saturated rings. The minimum absolute atomic E-state index is 0.0948. The van der Waals surface area contributed by atoms with E-state index in [0.29, 0.717) is 22.8 Å². The van der Waals surface area contributed by atoms with E-state index in [9.17, 15) is 9.66 Å². The predicted molar refractivity (Wildman–Crippen MR) is 129 cm³/mol. The van der Waals surface area contributed by atoms with Crippen LogP contribution in [-0.4, -0.2) is 42.3 Å². The Kier molecular flexibility index (Phi) is 7.06. The molecule has 2 aromatic carbocycles. The van der Waals surface area contributed by atoms with Crippen LogP contribution >= 0.6 is 10.9 Å². The third kappa shape index (κ3) is 5.01. The van der Waals surface area contributed by atoms with Crippen LogP contribution < -0.4 is 9.47 Å². The van der Waals surface area contributed by atoms with E-state index in [2.05, 4.69) is 14.3 Å². The van der Waals surface area contributed by atoms with Crippen LogP contribution in [0.25, 0.3) is 21.6 Å². The molecule has 9 heteroatoms. The highest BCUT2D eigenvalue weighted by Gasteiger charge is 2.16. The fourth-order valence-corrected chi connectivity index (χ4v) is 4.64. The quantitative estimate of drug-likeness (QED) is 0.354. The summed E-state index contributed by atoms with van der Waals surface area (Å²) in [4.78, 5) is 9.34. The van der Waals surface area contributed by atoms with Gasteiger partial charge in [-0.15, -0.1) is 0 Å². The Labute approximate surface area is 200 Å². The summed E-state index contributed by atoms with van der Waals surface area (Å²) in [5, 5.41) is 18.4. The Morgan fingerprint density at radius 1 is 0.971 bits per heavy atom. The van der Waals surface area contributed by atoms with E-state index < -0.39 is 10.9 Å². The molecule has 0 aliphatic heterocycles. The van der Waals surface area contributed by atoms with Crippen LogP contribution in [0.4, 0.5) is 0 Å². The molecular weight excluding hydrogens is 454 g/mol. The summed E-state index contributed by atoms with van der Waals surface area (Å²) in [7, 11) is -1.58. The zero-order valence-corrected chi connectivity index (χ0v) is 19.9. The van der Waals surface area contributed by atoms with Crippen LogP contribution in [-0.2, 0) is 6.61 Å². The molecule has 1 unspecified atom stereocenters. The van der Waals surface area contributed by atoms with Gasteiger partial charge in [-0.1, -0.05) is 18.2 Å². The maximum absolute atomic E-state index is 11.9. The Morgan fingerprint density at radius 3 is 2.29 bits per heavy atom. The number of benzene rings is 2. The van der Waals surface area contributed by atoms with Gasteiger partial charge in [0, 0.05) is 15.5 Å². The second-order valence-corrected chi connectivity index (χ2v) is 8.85. The Morgan fingerprint density at radius 2 is 1.68 bits per heavy atom. The number of aromatic nitrogens is 3. The lowest BCUT2D eigenvalue weighted by Gasteiger charge is -2.16. The van der Waals surface area contributed by atoms with Crippen LogP contribution in [0.5, 0.6) is 17.6 Å². The van der Waals surface area contributed by atoms with E-state index in [4.69, 9.17) is 14.6 Å². The maximum Gasteiger partial charge on any atom is 0.316 e. The van der Waals surface area contributed by atoms with Crippen molar-refractivity contribution >= 4 is 10.9 Å². The van der Waals surface area contributed by atoms with Gasteiger partial charge in [-0.2, -0.15) is 9.97 Å². The number of aromatic hydroxyl groups is 1. The zero-order chi connectivity index (χ0) is 24.2. The molecule has 0 saturated heterocycles. The second-order valence-electron chi connectivity index (χ2n) is 7.73. The lowest BCUT2D eigenvalue weighted by Crippen LogP contribution is -2.08. The monoisotopic (exact) mass is 479 g/mol. The molecule has 4 aromatic rings. The first-order valence-corrected chi connectivity index (χ1v) is 11.8. The fraction of sp³-hybridized carbons (Fsp3) is 0.240. The van der Waals surface area contributed by atoms with E-state index in [-0.39, 0.29) is 25.1 Å². The van der Waals surface area contributed by atoms with E-state index >= 15 is 0 Å². The zero-order valence-electron chi connectivity index (χ0n) is 19.1. The molecule has 176 valence electrons. The van der Waals surface area contributed by atoms with Gasteiger partial charge >= 0.3 is 6.01 Å². The Bertz CT molecular complexity index is 1280. The first-order chi connectivity index (χ1) is 16.4. The molecule has 8 nitrogen and oxygen atoms in total. The molecule has 0 spiro atoms. The Hall–Kier alpha value is -3.53. The molecular formula is C25H25N3O5S. The van der Waals surface area contributed by atoms with Crippen LogP contribution in [0.1, 0.15) is 22.5 Å². The first kappa shape index (κ1) is 23.6. The molecule has 0 saturated carbocycles. The molecule has 0 aliphatic rings. The van der Waals surface area contributed by atoms with Crippen molar-refractivity contribution in [2.45, 2.75) is 27.4 Å². The third-order valence-electron chi connectivity index (χ3n) is 5.45. The molecule has 0 amide bonds. The number of rotatable bonds is 8. The van der Waals surface area contributed by atoms with E-state index in [1.165, 1.54) is 6.07 Å². The van der Waals surface area contributed by atoms with Crippen LogP contribution in [0.2, 0.25) is 0 Å². The SMILES string of the molecule is Cc1nc(OCCO)nc(C)c1-c1cccc(COc2ccc(-c3cc(O)n[s+]3[O-])cc2)c1C. The van der Waals surface area contributed by atoms with Gasteiger partial charge in [0.2, 0.25) is 4.88 Å². The van der Waals surface area contributed by atoms with Gasteiger partial charge in [-0.3, -0.25) is 0 Å². The van der Waals surface area contributed by atoms with Crippen LogP contribution in [0.3, 0.4) is 0 Å².